The van der Waals surface area contributed by atoms with Crippen LogP contribution < -0.4 is 0 Å². The van der Waals surface area contributed by atoms with Crippen LogP contribution in [-0.4, -0.2) is 16.5 Å². The molecule has 0 saturated heterocycles. The Morgan fingerprint density at radius 3 is 2.06 bits per heavy atom. The molecule has 1 heteroatoms. The van der Waals surface area contributed by atoms with Gasteiger partial charge in [0, 0.05) is 18.1 Å². The average Bonchev–Trinajstić information content (AvgIpc) is 2.24. The maximum absolute atomic E-state index is 3.78. The van der Waals surface area contributed by atoms with Gasteiger partial charge < -0.3 is 0 Å². The van der Waals surface area contributed by atoms with Crippen LogP contribution in [0.4, 0.5) is 0 Å². The van der Waals surface area contributed by atoms with Gasteiger partial charge in [0.25, 0.3) is 0 Å². The predicted molar refractivity (Wildman–Crippen MR) is 77.0 cm³/mol. The molecule has 0 radical (unpaired) electrons. The Bertz CT molecular complexity index is 354. The first-order valence-corrected chi connectivity index (χ1v) is 6.32. The van der Waals surface area contributed by atoms with Crippen molar-refractivity contribution in [3.8, 4) is 0 Å². The van der Waals surface area contributed by atoms with E-state index in [2.05, 4.69) is 70.4 Å². The van der Waals surface area contributed by atoms with E-state index in [-0.39, 0.29) is 5.54 Å². The van der Waals surface area contributed by atoms with Gasteiger partial charge in [-0.25, -0.2) is 0 Å². The first-order chi connectivity index (χ1) is 7.84. The Kier molecular flexibility index (Phi) is 4.53. The second-order valence-corrected chi connectivity index (χ2v) is 5.84. The molecule has 0 unspecified atom stereocenters. The number of nitrogens with zero attached hydrogens (tertiary/aromatic N) is 1. The third kappa shape index (κ3) is 4.01. The van der Waals surface area contributed by atoms with E-state index in [1.807, 2.05) is 6.08 Å². The Morgan fingerprint density at radius 1 is 1.18 bits per heavy atom. The van der Waals surface area contributed by atoms with E-state index in [1.54, 1.807) is 0 Å². The van der Waals surface area contributed by atoms with Crippen molar-refractivity contribution in [2.75, 3.05) is 0 Å². The molecule has 0 aromatic heterocycles. The highest BCUT2D eigenvalue weighted by Crippen LogP contribution is 2.20. The second kappa shape index (κ2) is 5.50. The minimum Gasteiger partial charge on any atom is -0.292 e. The quantitative estimate of drug-likeness (QED) is 0.745. The Balaban J connectivity index is 2.83. The third-order valence-electron chi connectivity index (χ3n) is 3.05. The van der Waals surface area contributed by atoms with Crippen molar-refractivity contribution in [2.24, 2.45) is 0 Å². The molecule has 0 saturated carbocycles. The molecule has 1 nitrogen and oxygen atoms in total. The fraction of sp³-hybridized carbons (Fsp3) is 0.500. The fourth-order valence-corrected chi connectivity index (χ4v) is 2.15. The molecular weight excluding hydrogens is 206 g/mol. The lowest BCUT2D eigenvalue weighted by molar-refractivity contribution is 0.0901. The molecule has 1 aromatic rings. The molecule has 0 aliphatic heterocycles. The molecule has 1 rings (SSSR count). The number of benzene rings is 1. The van der Waals surface area contributed by atoms with E-state index in [0.29, 0.717) is 6.04 Å². The van der Waals surface area contributed by atoms with Crippen molar-refractivity contribution in [2.45, 2.75) is 52.7 Å². The standard InChI is InChI=1S/C16H25N/c1-7-14-8-10-15(11-9-14)12-17(13(2)3)16(4,5)6/h7-11,13H,1,12H2,2-6H3. The van der Waals surface area contributed by atoms with Crippen LogP contribution >= 0.6 is 0 Å². The Labute approximate surface area is 106 Å². The zero-order valence-electron chi connectivity index (χ0n) is 11.8. The highest BCUT2D eigenvalue weighted by Gasteiger charge is 2.23. The van der Waals surface area contributed by atoms with Gasteiger partial charge in [0.05, 0.1) is 0 Å². The van der Waals surface area contributed by atoms with Crippen molar-refractivity contribution in [1.82, 2.24) is 4.90 Å². The predicted octanol–water partition coefficient (Wildman–Crippen LogP) is 4.34. The van der Waals surface area contributed by atoms with Gasteiger partial charge >= 0.3 is 0 Å². The molecule has 94 valence electrons. The summed E-state index contributed by atoms with van der Waals surface area (Å²) in [6.45, 7) is 16.1. The summed E-state index contributed by atoms with van der Waals surface area (Å²) in [5, 5.41) is 0. The summed E-state index contributed by atoms with van der Waals surface area (Å²) in [6, 6.07) is 9.19. The van der Waals surface area contributed by atoms with Crippen molar-refractivity contribution in [3.05, 3.63) is 42.0 Å². The van der Waals surface area contributed by atoms with Gasteiger partial charge in [0.15, 0.2) is 0 Å². The normalized spacial score (nSPS) is 12.2. The van der Waals surface area contributed by atoms with Gasteiger partial charge in [-0.05, 0) is 45.7 Å². The minimum atomic E-state index is 0.200. The van der Waals surface area contributed by atoms with Crippen molar-refractivity contribution in [3.63, 3.8) is 0 Å². The minimum absolute atomic E-state index is 0.200. The summed E-state index contributed by atoms with van der Waals surface area (Å²) in [7, 11) is 0. The highest BCUT2D eigenvalue weighted by atomic mass is 15.2. The summed E-state index contributed by atoms with van der Waals surface area (Å²) in [4.78, 5) is 2.51. The summed E-state index contributed by atoms with van der Waals surface area (Å²) >= 11 is 0. The molecule has 17 heavy (non-hydrogen) atoms. The average molecular weight is 231 g/mol. The highest BCUT2D eigenvalue weighted by molar-refractivity contribution is 5.47. The number of hydrogen-bond acceptors (Lipinski definition) is 1. The Hall–Kier alpha value is -1.08. The molecule has 0 fully saturated rings. The van der Waals surface area contributed by atoms with Crippen LogP contribution in [0.3, 0.4) is 0 Å². The number of hydrogen-bond donors (Lipinski definition) is 0. The molecule has 0 bridgehead atoms. The van der Waals surface area contributed by atoms with Gasteiger partial charge in [-0.3, -0.25) is 4.90 Å². The van der Waals surface area contributed by atoms with E-state index in [1.165, 1.54) is 11.1 Å². The third-order valence-corrected chi connectivity index (χ3v) is 3.05. The molecule has 0 spiro atoms. The summed E-state index contributed by atoms with van der Waals surface area (Å²) in [5.74, 6) is 0. The fourth-order valence-electron chi connectivity index (χ4n) is 2.15. The van der Waals surface area contributed by atoms with Crippen molar-refractivity contribution in [1.29, 1.82) is 0 Å². The smallest absolute Gasteiger partial charge is 0.0241 e. The molecule has 0 amide bonds. The largest absolute Gasteiger partial charge is 0.292 e. The molecule has 1 aromatic carbocycles. The summed E-state index contributed by atoms with van der Waals surface area (Å²) < 4.78 is 0. The summed E-state index contributed by atoms with van der Waals surface area (Å²) in [5.41, 5.74) is 2.74. The summed E-state index contributed by atoms with van der Waals surface area (Å²) in [6.07, 6.45) is 1.88. The van der Waals surface area contributed by atoms with Crippen molar-refractivity contribution < 1.29 is 0 Å². The number of rotatable bonds is 4. The van der Waals surface area contributed by atoms with Crippen LogP contribution in [0, 0.1) is 0 Å². The van der Waals surface area contributed by atoms with Crippen LogP contribution in [0.25, 0.3) is 6.08 Å². The molecule has 0 aliphatic carbocycles. The van der Waals surface area contributed by atoms with Gasteiger partial charge in [-0.2, -0.15) is 0 Å². The van der Waals surface area contributed by atoms with E-state index >= 15 is 0 Å². The van der Waals surface area contributed by atoms with Crippen LogP contribution in [0.1, 0.15) is 45.7 Å². The first kappa shape index (κ1) is 14.0. The first-order valence-electron chi connectivity index (χ1n) is 6.32. The maximum Gasteiger partial charge on any atom is 0.0241 e. The SMILES string of the molecule is C=Cc1ccc(CN(C(C)C)C(C)(C)C)cc1. The monoisotopic (exact) mass is 231 g/mol. The topological polar surface area (TPSA) is 3.24 Å². The van der Waals surface area contributed by atoms with Gasteiger partial charge in [0.1, 0.15) is 0 Å². The van der Waals surface area contributed by atoms with Crippen LogP contribution in [-0.2, 0) is 6.54 Å². The van der Waals surface area contributed by atoms with Crippen LogP contribution in [0.15, 0.2) is 30.8 Å². The van der Waals surface area contributed by atoms with E-state index < -0.39 is 0 Å². The lowest BCUT2D eigenvalue weighted by Crippen LogP contribution is -2.45. The van der Waals surface area contributed by atoms with E-state index in [9.17, 15) is 0 Å². The van der Waals surface area contributed by atoms with Crippen LogP contribution in [0.5, 0.6) is 0 Å². The van der Waals surface area contributed by atoms with Gasteiger partial charge in [0.2, 0.25) is 0 Å². The molecule has 0 N–H and O–H groups in total. The van der Waals surface area contributed by atoms with Gasteiger partial charge in [-0.1, -0.05) is 36.9 Å². The molecule has 0 atom stereocenters. The lowest BCUT2D eigenvalue weighted by Gasteiger charge is -2.39. The molecule has 0 aliphatic rings. The zero-order valence-corrected chi connectivity index (χ0v) is 11.8. The lowest BCUT2D eigenvalue weighted by atomic mass is 10.0. The van der Waals surface area contributed by atoms with Crippen molar-refractivity contribution >= 4 is 6.08 Å². The van der Waals surface area contributed by atoms with Crippen LogP contribution in [0.2, 0.25) is 0 Å². The molecular formula is C16H25N. The molecule has 0 heterocycles. The Morgan fingerprint density at radius 2 is 1.71 bits per heavy atom. The van der Waals surface area contributed by atoms with E-state index in [0.717, 1.165) is 6.54 Å². The zero-order chi connectivity index (χ0) is 13.1. The second-order valence-electron chi connectivity index (χ2n) is 5.84. The maximum atomic E-state index is 3.78. The van der Waals surface area contributed by atoms with Gasteiger partial charge in [-0.15, -0.1) is 0 Å². The van der Waals surface area contributed by atoms with E-state index in [4.69, 9.17) is 0 Å².